The summed E-state index contributed by atoms with van der Waals surface area (Å²) < 4.78 is 33.1. The van der Waals surface area contributed by atoms with Crippen LogP contribution in [0.3, 0.4) is 0 Å². The van der Waals surface area contributed by atoms with Gasteiger partial charge in [0, 0.05) is 6.07 Å². The fourth-order valence-corrected chi connectivity index (χ4v) is 1.80. The summed E-state index contributed by atoms with van der Waals surface area (Å²) in [6.07, 6.45) is 0. The number of aromatic nitrogens is 4. The molecule has 2 aromatic carbocycles. The average molecular weight is 288 g/mol. The fraction of sp³-hybridized carbons (Fsp3) is 0.0714. The molecule has 21 heavy (non-hydrogen) atoms. The molecular formula is C14H10F2N4O. The summed E-state index contributed by atoms with van der Waals surface area (Å²) in [6, 6.07) is 12.3. The van der Waals surface area contributed by atoms with Crippen molar-refractivity contribution < 1.29 is 13.5 Å². The van der Waals surface area contributed by atoms with Gasteiger partial charge in [-0.05, 0) is 34.7 Å². The van der Waals surface area contributed by atoms with Crippen LogP contribution in [0, 0.1) is 11.6 Å². The Labute approximate surface area is 118 Å². The summed E-state index contributed by atoms with van der Waals surface area (Å²) >= 11 is 0. The van der Waals surface area contributed by atoms with E-state index in [-0.39, 0.29) is 12.4 Å². The van der Waals surface area contributed by atoms with Gasteiger partial charge in [-0.1, -0.05) is 18.2 Å². The van der Waals surface area contributed by atoms with E-state index in [1.54, 1.807) is 0 Å². The van der Waals surface area contributed by atoms with Crippen LogP contribution < -0.4 is 4.74 Å². The lowest BCUT2D eigenvalue weighted by Gasteiger charge is -2.07. The molecule has 3 aromatic rings. The second-order valence-corrected chi connectivity index (χ2v) is 4.21. The first-order valence-electron chi connectivity index (χ1n) is 6.14. The fourth-order valence-electron chi connectivity index (χ4n) is 1.80. The van der Waals surface area contributed by atoms with Crippen LogP contribution in [-0.4, -0.2) is 20.2 Å². The number of rotatable bonds is 4. The third-order valence-electron chi connectivity index (χ3n) is 2.79. The van der Waals surface area contributed by atoms with E-state index < -0.39 is 11.6 Å². The molecule has 0 bridgehead atoms. The lowest BCUT2D eigenvalue weighted by Crippen LogP contribution is -2.07. The van der Waals surface area contributed by atoms with Crippen LogP contribution in [0.4, 0.5) is 8.78 Å². The molecule has 106 valence electrons. The summed E-state index contributed by atoms with van der Waals surface area (Å²) in [5.74, 6) is -1.08. The Kier molecular flexibility index (Phi) is 3.55. The van der Waals surface area contributed by atoms with Crippen LogP contribution in [0.5, 0.6) is 5.75 Å². The largest absolute Gasteiger partial charge is 0.482 e. The van der Waals surface area contributed by atoms with Crippen molar-refractivity contribution in [2.24, 2.45) is 0 Å². The molecule has 0 radical (unpaired) electrons. The highest BCUT2D eigenvalue weighted by atomic mass is 19.1. The number of benzene rings is 2. The van der Waals surface area contributed by atoms with E-state index in [1.165, 1.54) is 10.7 Å². The molecule has 7 heteroatoms. The SMILES string of the molecule is Fc1ccc(OCc2nnnn2-c2ccccc2)c(F)c1. The minimum Gasteiger partial charge on any atom is -0.482 e. The predicted octanol–water partition coefficient (Wildman–Crippen LogP) is 2.52. The quantitative estimate of drug-likeness (QED) is 0.740. The third kappa shape index (κ3) is 2.86. The topological polar surface area (TPSA) is 52.8 Å². The highest BCUT2D eigenvalue weighted by molar-refractivity contribution is 5.30. The molecule has 0 aliphatic heterocycles. The van der Waals surface area contributed by atoms with Crippen molar-refractivity contribution in [3.8, 4) is 11.4 Å². The second-order valence-electron chi connectivity index (χ2n) is 4.21. The third-order valence-corrected chi connectivity index (χ3v) is 2.79. The van der Waals surface area contributed by atoms with Crippen LogP contribution in [0.25, 0.3) is 5.69 Å². The van der Waals surface area contributed by atoms with E-state index in [2.05, 4.69) is 15.5 Å². The molecule has 5 nitrogen and oxygen atoms in total. The minimum absolute atomic E-state index is 0.0373. The zero-order chi connectivity index (χ0) is 14.7. The molecule has 3 rings (SSSR count). The van der Waals surface area contributed by atoms with Crippen molar-refractivity contribution in [3.05, 3.63) is 66.0 Å². The van der Waals surface area contributed by atoms with Gasteiger partial charge in [-0.2, -0.15) is 4.68 Å². The van der Waals surface area contributed by atoms with Crippen molar-refractivity contribution in [1.29, 1.82) is 0 Å². The van der Waals surface area contributed by atoms with Gasteiger partial charge in [0.1, 0.15) is 12.4 Å². The number of tetrazole rings is 1. The Bertz CT molecular complexity index is 746. The number of halogens is 2. The van der Waals surface area contributed by atoms with E-state index in [0.717, 1.165) is 17.8 Å². The Hall–Kier alpha value is -2.83. The van der Waals surface area contributed by atoms with Crippen LogP contribution >= 0.6 is 0 Å². The normalized spacial score (nSPS) is 10.6. The monoisotopic (exact) mass is 288 g/mol. The molecule has 1 aromatic heterocycles. The van der Waals surface area contributed by atoms with Crippen LogP contribution in [0.2, 0.25) is 0 Å². The van der Waals surface area contributed by atoms with Gasteiger partial charge in [-0.3, -0.25) is 0 Å². The van der Waals surface area contributed by atoms with Gasteiger partial charge < -0.3 is 4.74 Å². The first-order valence-corrected chi connectivity index (χ1v) is 6.14. The first kappa shape index (κ1) is 13.2. The number of hydrogen-bond donors (Lipinski definition) is 0. The van der Waals surface area contributed by atoms with Crippen molar-refractivity contribution >= 4 is 0 Å². The van der Waals surface area contributed by atoms with Crippen molar-refractivity contribution in [2.75, 3.05) is 0 Å². The molecule has 0 fully saturated rings. The van der Waals surface area contributed by atoms with Gasteiger partial charge in [0.2, 0.25) is 0 Å². The van der Waals surface area contributed by atoms with Crippen molar-refractivity contribution in [3.63, 3.8) is 0 Å². The van der Waals surface area contributed by atoms with E-state index in [1.807, 2.05) is 30.3 Å². The van der Waals surface area contributed by atoms with Gasteiger partial charge in [-0.25, -0.2) is 8.78 Å². The van der Waals surface area contributed by atoms with Crippen LogP contribution in [0.1, 0.15) is 5.82 Å². The molecule has 0 spiro atoms. The zero-order valence-electron chi connectivity index (χ0n) is 10.8. The summed E-state index contributed by atoms with van der Waals surface area (Å²) in [4.78, 5) is 0. The average Bonchev–Trinajstić information content (AvgIpc) is 2.96. The molecular weight excluding hydrogens is 278 g/mol. The Morgan fingerprint density at radius 3 is 2.62 bits per heavy atom. The summed E-state index contributed by atoms with van der Waals surface area (Å²) in [7, 11) is 0. The van der Waals surface area contributed by atoms with E-state index in [9.17, 15) is 8.78 Å². The first-order chi connectivity index (χ1) is 10.2. The van der Waals surface area contributed by atoms with E-state index in [4.69, 9.17) is 4.74 Å². The lowest BCUT2D eigenvalue weighted by molar-refractivity contribution is 0.277. The van der Waals surface area contributed by atoms with Crippen molar-refractivity contribution in [1.82, 2.24) is 20.2 Å². The van der Waals surface area contributed by atoms with Gasteiger partial charge >= 0.3 is 0 Å². The Morgan fingerprint density at radius 2 is 1.86 bits per heavy atom. The van der Waals surface area contributed by atoms with E-state index >= 15 is 0 Å². The number of ether oxygens (including phenoxy) is 1. The molecule has 0 aliphatic rings. The van der Waals surface area contributed by atoms with Crippen LogP contribution in [-0.2, 0) is 6.61 Å². The van der Waals surface area contributed by atoms with Crippen LogP contribution in [0.15, 0.2) is 48.5 Å². The van der Waals surface area contributed by atoms with Gasteiger partial charge in [0.25, 0.3) is 0 Å². The maximum atomic E-state index is 13.5. The number of para-hydroxylation sites is 1. The van der Waals surface area contributed by atoms with Gasteiger partial charge in [0.15, 0.2) is 17.4 Å². The van der Waals surface area contributed by atoms with Crippen molar-refractivity contribution in [2.45, 2.75) is 6.61 Å². The molecule has 0 N–H and O–H groups in total. The minimum atomic E-state index is -0.770. The lowest BCUT2D eigenvalue weighted by atomic mass is 10.3. The molecule has 0 atom stereocenters. The maximum Gasteiger partial charge on any atom is 0.194 e. The molecule has 1 heterocycles. The Morgan fingerprint density at radius 1 is 1.05 bits per heavy atom. The highest BCUT2D eigenvalue weighted by Crippen LogP contribution is 2.19. The zero-order valence-corrected chi connectivity index (χ0v) is 10.8. The number of hydrogen-bond acceptors (Lipinski definition) is 4. The second kappa shape index (κ2) is 5.66. The standard InChI is InChI=1S/C14H10F2N4O/c15-10-6-7-13(12(16)8-10)21-9-14-17-18-19-20(14)11-4-2-1-3-5-11/h1-8H,9H2. The van der Waals surface area contributed by atoms with E-state index in [0.29, 0.717) is 5.82 Å². The Balaban J connectivity index is 1.79. The summed E-state index contributed by atoms with van der Waals surface area (Å²) in [5.41, 5.74) is 0.765. The van der Waals surface area contributed by atoms with Gasteiger partial charge in [-0.15, -0.1) is 5.10 Å². The number of nitrogens with zero attached hydrogens (tertiary/aromatic N) is 4. The summed E-state index contributed by atoms with van der Waals surface area (Å²) in [5, 5.41) is 11.3. The maximum absolute atomic E-state index is 13.5. The molecule has 0 unspecified atom stereocenters. The molecule has 0 aliphatic carbocycles. The van der Waals surface area contributed by atoms with Gasteiger partial charge in [0.05, 0.1) is 5.69 Å². The molecule has 0 amide bonds. The predicted molar refractivity (Wildman–Crippen MR) is 69.8 cm³/mol. The molecule has 0 saturated heterocycles. The molecule has 0 saturated carbocycles. The highest BCUT2D eigenvalue weighted by Gasteiger charge is 2.11. The summed E-state index contributed by atoms with van der Waals surface area (Å²) in [6.45, 7) is -0.0373. The smallest absolute Gasteiger partial charge is 0.194 e.